The zero-order chi connectivity index (χ0) is 14.8. The molecule has 1 heterocycles. The predicted octanol–water partition coefficient (Wildman–Crippen LogP) is 3.12. The Bertz CT molecular complexity index is 453. The van der Waals surface area contributed by atoms with Crippen molar-refractivity contribution in [2.75, 3.05) is 6.54 Å². The first-order valence-electron chi connectivity index (χ1n) is 7.09. The van der Waals surface area contributed by atoms with Crippen LogP contribution >= 0.6 is 0 Å². The summed E-state index contributed by atoms with van der Waals surface area (Å²) in [4.78, 5) is 13.7. The van der Waals surface area contributed by atoms with E-state index in [1.165, 1.54) is 0 Å². The molecule has 1 fully saturated rings. The number of hydrogen-bond acceptors (Lipinski definition) is 3. The quantitative estimate of drug-likeness (QED) is 0.923. The van der Waals surface area contributed by atoms with Crippen molar-refractivity contribution in [2.45, 2.75) is 51.4 Å². The lowest BCUT2D eigenvalue weighted by molar-refractivity contribution is -0.0156. The Morgan fingerprint density at radius 2 is 2.05 bits per heavy atom. The van der Waals surface area contributed by atoms with Gasteiger partial charge in [-0.15, -0.1) is 0 Å². The van der Waals surface area contributed by atoms with Crippen LogP contribution in [0.1, 0.15) is 45.3 Å². The van der Waals surface area contributed by atoms with Crippen LogP contribution in [-0.2, 0) is 4.74 Å². The van der Waals surface area contributed by atoms with Crippen LogP contribution in [0.4, 0.5) is 4.79 Å². The molecular formula is C16H23NO3. The molecule has 1 aromatic rings. The lowest BCUT2D eigenvalue weighted by Crippen LogP contribution is -2.53. The molecule has 1 unspecified atom stereocenters. The van der Waals surface area contributed by atoms with E-state index in [2.05, 4.69) is 0 Å². The molecule has 110 valence electrons. The summed E-state index contributed by atoms with van der Waals surface area (Å²) in [6.45, 7) is 6.29. The Labute approximate surface area is 120 Å². The van der Waals surface area contributed by atoms with Crippen LogP contribution in [0.3, 0.4) is 0 Å². The zero-order valence-corrected chi connectivity index (χ0v) is 12.4. The molecule has 1 aromatic carbocycles. The van der Waals surface area contributed by atoms with Gasteiger partial charge in [-0.1, -0.05) is 30.3 Å². The second-order valence-electron chi connectivity index (χ2n) is 6.28. The van der Waals surface area contributed by atoms with E-state index in [1.807, 2.05) is 51.1 Å². The number of likely N-dealkylation sites (tertiary alicyclic amines) is 1. The second kappa shape index (κ2) is 5.83. The summed E-state index contributed by atoms with van der Waals surface area (Å²) in [7, 11) is 0. The Kier molecular flexibility index (Phi) is 4.33. The topological polar surface area (TPSA) is 49.8 Å². The number of amides is 1. The summed E-state index contributed by atoms with van der Waals surface area (Å²) in [5.74, 6) is 0. The Balaban J connectivity index is 1.89. The minimum atomic E-state index is -0.536. The number of carbonyl (C=O) groups is 1. The van der Waals surface area contributed by atoms with Crippen molar-refractivity contribution in [1.29, 1.82) is 0 Å². The van der Waals surface area contributed by atoms with Crippen molar-refractivity contribution in [3.63, 3.8) is 0 Å². The van der Waals surface area contributed by atoms with Gasteiger partial charge in [0.25, 0.3) is 0 Å². The van der Waals surface area contributed by atoms with Crippen LogP contribution in [0, 0.1) is 0 Å². The van der Waals surface area contributed by atoms with Gasteiger partial charge in [0.05, 0.1) is 6.10 Å². The summed E-state index contributed by atoms with van der Waals surface area (Å²) < 4.78 is 5.36. The SMILES string of the molecule is CC(C)(C)OC(=O)N1CCC1C[C@H](O)c1ccccc1. The molecule has 0 radical (unpaired) electrons. The summed E-state index contributed by atoms with van der Waals surface area (Å²) in [6, 6.07) is 9.62. The highest BCUT2D eigenvalue weighted by atomic mass is 16.6. The van der Waals surface area contributed by atoms with E-state index in [-0.39, 0.29) is 12.1 Å². The summed E-state index contributed by atoms with van der Waals surface area (Å²) in [5.41, 5.74) is 0.415. The summed E-state index contributed by atoms with van der Waals surface area (Å²) >= 11 is 0. The minimum absolute atomic E-state index is 0.0695. The average Bonchev–Trinajstić information content (AvgIpc) is 2.33. The van der Waals surface area contributed by atoms with Crippen molar-refractivity contribution in [3.05, 3.63) is 35.9 Å². The zero-order valence-electron chi connectivity index (χ0n) is 12.4. The molecule has 1 amide bonds. The van der Waals surface area contributed by atoms with E-state index in [0.29, 0.717) is 13.0 Å². The molecule has 4 nitrogen and oxygen atoms in total. The van der Waals surface area contributed by atoms with Crippen molar-refractivity contribution in [3.8, 4) is 0 Å². The molecule has 1 saturated heterocycles. The molecule has 4 heteroatoms. The molecule has 1 N–H and O–H groups in total. The second-order valence-corrected chi connectivity index (χ2v) is 6.28. The van der Waals surface area contributed by atoms with Crippen LogP contribution in [0.2, 0.25) is 0 Å². The molecule has 0 bridgehead atoms. The predicted molar refractivity (Wildman–Crippen MR) is 77.4 cm³/mol. The van der Waals surface area contributed by atoms with Gasteiger partial charge >= 0.3 is 6.09 Å². The monoisotopic (exact) mass is 277 g/mol. The minimum Gasteiger partial charge on any atom is -0.444 e. The van der Waals surface area contributed by atoms with Crippen LogP contribution < -0.4 is 0 Å². The molecule has 20 heavy (non-hydrogen) atoms. The number of carbonyl (C=O) groups excluding carboxylic acids is 1. The third kappa shape index (κ3) is 3.73. The number of ether oxygens (including phenoxy) is 1. The van der Waals surface area contributed by atoms with Crippen molar-refractivity contribution in [1.82, 2.24) is 4.90 Å². The first kappa shape index (κ1) is 14.9. The maximum absolute atomic E-state index is 12.0. The van der Waals surface area contributed by atoms with Gasteiger partial charge in [-0.2, -0.15) is 0 Å². The van der Waals surface area contributed by atoms with Crippen LogP contribution in [-0.4, -0.2) is 34.3 Å². The largest absolute Gasteiger partial charge is 0.444 e. The normalized spacial score (nSPS) is 20.2. The Morgan fingerprint density at radius 3 is 2.55 bits per heavy atom. The fourth-order valence-corrected chi connectivity index (χ4v) is 2.32. The van der Waals surface area contributed by atoms with Gasteiger partial charge in [0.1, 0.15) is 5.60 Å². The third-order valence-corrected chi connectivity index (χ3v) is 3.45. The smallest absolute Gasteiger partial charge is 0.410 e. The highest BCUT2D eigenvalue weighted by Crippen LogP contribution is 2.29. The highest BCUT2D eigenvalue weighted by molar-refractivity contribution is 5.69. The Morgan fingerprint density at radius 1 is 1.40 bits per heavy atom. The molecule has 0 saturated carbocycles. The van der Waals surface area contributed by atoms with E-state index in [4.69, 9.17) is 4.74 Å². The lowest BCUT2D eigenvalue weighted by atomic mass is 9.94. The molecule has 0 aliphatic carbocycles. The van der Waals surface area contributed by atoms with Crippen LogP contribution in [0.5, 0.6) is 0 Å². The first-order valence-corrected chi connectivity index (χ1v) is 7.09. The maximum Gasteiger partial charge on any atom is 0.410 e. The molecule has 2 atom stereocenters. The van der Waals surface area contributed by atoms with Crippen molar-refractivity contribution < 1.29 is 14.6 Å². The van der Waals surface area contributed by atoms with E-state index in [0.717, 1.165) is 12.0 Å². The van der Waals surface area contributed by atoms with Crippen molar-refractivity contribution in [2.24, 2.45) is 0 Å². The standard InChI is InChI=1S/C16H23NO3/c1-16(2,3)20-15(19)17-10-9-13(17)11-14(18)12-7-5-4-6-8-12/h4-8,13-14,18H,9-11H2,1-3H3/t13?,14-/m0/s1. The van der Waals surface area contributed by atoms with Gasteiger partial charge < -0.3 is 14.7 Å². The maximum atomic E-state index is 12.0. The molecule has 1 aliphatic rings. The van der Waals surface area contributed by atoms with Gasteiger partial charge in [0.15, 0.2) is 0 Å². The van der Waals surface area contributed by atoms with Gasteiger partial charge in [-0.3, -0.25) is 0 Å². The van der Waals surface area contributed by atoms with Gasteiger partial charge in [0.2, 0.25) is 0 Å². The summed E-state index contributed by atoms with van der Waals surface area (Å²) in [5, 5.41) is 10.2. The highest BCUT2D eigenvalue weighted by Gasteiger charge is 2.36. The van der Waals surface area contributed by atoms with E-state index < -0.39 is 11.7 Å². The Hall–Kier alpha value is -1.55. The lowest BCUT2D eigenvalue weighted by Gasteiger charge is -2.42. The van der Waals surface area contributed by atoms with Gasteiger partial charge in [-0.25, -0.2) is 4.79 Å². The van der Waals surface area contributed by atoms with E-state index in [9.17, 15) is 9.90 Å². The molecule has 0 aromatic heterocycles. The molecule has 1 aliphatic heterocycles. The van der Waals surface area contributed by atoms with Crippen LogP contribution in [0.25, 0.3) is 0 Å². The fraction of sp³-hybridized carbons (Fsp3) is 0.562. The number of hydrogen-bond donors (Lipinski definition) is 1. The molecular weight excluding hydrogens is 254 g/mol. The van der Waals surface area contributed by atoms with E-state index in [1.54, 1.807) is 4.90 Å². The third-order valence-electron chi connectivity index (χ3n) is 3.45. The first-order chi connectivity index (χ1) is 9.37. The number of aliphatic hydroxyl groups is 1. The van der Waals surface area contributed by atoms with Gasteiger partial charge in [-0.05, 0) is 39.2 Å². The number of benzene rings is 1. The average molecular weight is 277 g/mol. The fourth-order valence-electron chi connectivity index (χ4n) is 2.32. The van der Waals surface area contributed by atoms with E-state index >= 15 is 0 Å². The summed E-state index contributed by atoms with van der Waals surface area (Å²) in [6.07, 6.45) is 0.660. The number of aliphatic hydroxyl groups excluding tert-OH is 1. The number of nitrogens with zero attached hydrogens (tertiary/aromatic N) is 1. The van der Waals surface area contributed by atoms with Crippen molar-refractivity contribution >= 4 is 6.09 Å². The van der Waals surface area contributed by atoms with Gasteiger partial charge in [0, 0.05) is 12.6 Å². The van der Waals surface area contributed by atoms with Crippen LogP contribution in [0.15, 0.2) is 30.3 Å². The number of rotatable bonds is 3. The molecule has 2 rings (SSSR count). The molecule has 0 spiro atoms.